The van der Waals surface area contributed by atoms with Gasteiger partial charge in [-0.05, 0) is 31.2 Å². The number of amides is 1. The first-order chi connectivity index (χ1) is 14.8. The summed E-state index contributed by atoms with van der Waals surface area (Å²) in [6.45, 7) is 0.796. The van der Waals surface area contributed by atoms with Crippen LogP contribution in [0.2, 0.25) is 0 Å². The fourth-order valence-corrected chi connectivity index (χ4v) is 3.13. The Morgan fingerprint density at radius 2 is 1.90 bits per heavy atom. The molecule has 4 aromatic rings. The number of hydrogen-bond donors (Lipinski definition) is 1. The second kappa shape index (κ2) is 7.94. The van der Waals surface area contributed by atoms with Crippen LogP contribution in [-0.2, 0) is 17.9 Å². The molecule has 31 heavy (non-hydrogen) atoms. The van der Waals surface area contributed by atoms with Crippen LogP contribution in [0.25, 0.3) is 10.9 Å². The average molecular weight is 427 g/mol. The Morgan fingerprint density at radius 1 is 1.13 bits per heavy atom. The van der Waals surface area contributed by atoms with Gasteiger partial charge in [0.2, 0.25) is 11.8 Å². The van der Waals surface area contributed by atoms with Gasteiger partial charge < -0.3 is 9.84 Å². The third kappa shape index (κ3) is 3.97. The van der Waals surface area contributed by atoms with E-state index < -0.39 is 35.3 Å². The van der Waals surface area contributed by atoms with E-state index in [0.29, 0.717) is 11.9 Å². The summed E-state index contributed by atoms with van der Waals surface area (Å²) in [6, 6.07) is 8.96. The first-order valence-electron chi connectivity index (χ1n) is 9.10. The third-order valence-corrected chi connectivity index (χ3v) is 4.50. The third-order valence-electron chi connectivity index (χ3n) is 4.50. The number of fused-ring (bicyclic) bond motifs is 1. The van der Waals surface area contributed by atoms with E-state index in [2.05, 4.69) is 15.5 Å². The highest BCUT2D eigenvalue weighted by Crippen LogP contribution is 2.15. The number of aromatic nitrogens is 4. The highest BCUT2D eigenvalue weighted by Gasteiger charge is 2.18. The van der Waals surface area contributed by atoms with Crippen molar-refractivity contribution < 1.29 is 18.1 Å². The molecule has 0 fully saturated rings. The molecule has 0 unspecified atom stereocenters. The van der Waals surface area contributed by atoms with Crippen LogP contribution < -0.4 is 16.6 Å². The monoisotopic (exact) mass is 427 g/mol. The topological polar surface area (TPSA) is 112 Å². The molecule has 1 N–H and O–H groups in total. The molecule has 158 valence electrons. The van der Waals surface area contributed by atoms with E-state index in [-0.39, 0.29) is 29.0 Å². The zero-order valence-electron chi connectivity index (χ0n) is 16.1. The molecule has 4 rings (SSSR count). The second-order valence-electron chi connectivity index (χ2n) is 6.68. The Hall–Kier alpha value is -4.15. The molecule has 2 aromatic heterocycles. The van der Waals surface area contributed by atoms with Crippen LogP contribution >= 0.6 is 0 Å². The number of nitrogens with zero attached hydrogens (tertiary/aromatic N) is 4. The van der Waals surface area contributed by atoms with Crippen molar-refractivity contribution in [3.8, 4) is 0 Å². The van der Waals surface area contributed by atoms with E-state index in [4.69, 9.17) is 4.52 Å². The number of anilines is 1. The number of carbonyl (C=O) groups is 1. The van der Waals surface area contributed by atoms with Crippen molar-refractivity contribution in [3.63, 3.8) is 0 Å². The van der Waals surface area contributed by atoms with Gasteiger partial charge in [0.1, 0.15) is 24.7 Å². The van der Waals surface area contributed by atoms with Crippen LogP contribution in [0.4, 0.5) is 14.5 Å². The van der Waals surface area contributed by atoms with Crippen molar-refractivity contribution in [2.75, 3.05) is 5.32 Å². The van der Waals surface area contributed by atoms with E-state index in [1.54, 1.807) is 19.1 Å². The van der Waals surface area contributed by atoms with E-state index in [0.717, 1.165) is 21.3 Å². The maximum absolute atomic E-state index is 13.9. The number of aryl methyl sites for hydroxylation is 1. The molecular formula is C20H15F2N5O4. The summed E-state index contributed by atoms with van der Waals surface area (Å²) in [7, 11) is 0. The maximum atomic E-state index is 13.9. The smallest absolute Gasteiger partial charge is 0.332 e. The number of rotatable bonds is 5. The van der Waals surface area contributed by atoms with Crippen LogP contribution in [-0.4, -0.2) is 25.2 Å². The van der Waals surface area contributed by atoms with Crippen LogP contribution in [0.1, 0.15) is 11.7 Å². The Kier molecular flexibility index (Phi) is 5.15. The molecule has 11 heteroatoms. The van der Waals surface area contributed by atoms with Gasteiger partial charge in [0.05, 0.1) is 16.6 Å². The molecule has 0 aliphatic rings. The predicted octanol–water partition coefficient (Wildman–Crippen LogP) is 1.82. The number of nitrogens with one attached hydrogen (secondary N) is 1. The Bertz CT molecular complexity index is 1420. The van der Waals surface area contributed by atoms with Crippen LogP contribution in [0.3, 0.4) is 0 Å². The Labute approximate surface area is 172 Å². The lowest BCUT2D eigenvalue weighted by atomic mass is 10.2. The lowest BCUT2D eigenvalue weighted by molar-refractivity contribution is -0.116. The van der Waals surface area contributed by atoms with Crippen molar-refractivity contribution in [2.45, 2.75) is 20.0 Å². The van der Waals surface area contributed by atoms with Gasteiger partial charge in [-0.25, -0.2) is 13.6 Å². The van der Waals surface area contributed by atoms with E-state index >= 15 is 0 Å². The van der Waals surface area contributed by atoms with Crippen LogP contribution in [0.15, 0.2) is 56.6 Å². The number of benzene rings is 2. The molecule has 2 heterocycles. The maximum Gasteiger partial charge on any atom is 0.332 e. The van der Waals surface area contributed by atoms with Crippen molar-refractivity contribution in [3.05, 3.63) is 86.7 Å². The van der Waals surface area contributed by atoms with Gasteiger partial charge in [0, 0.05) is 6.07 Å². The molecule has 0 saturated heterocycles. The molecule has 0 radical (unpaired) electrons. The Morgan fingerprint density at radius 3 is 2.61 bits per heavy atom. The normalized spacial score (nSPS) is 11.1. The second-order valence-corrected chi connectivity index (χ2v) is 6.68. The van der Waals surface area contributed by atoms with Gasteiger partial charge in [-0.2, -0.15) is 4.98 Å². The minimum absolute atomic E-state index is 0.0522. The van der Waals surface area contributed by atoms with E-state index in [9.17, 15) is 23.2 Å². The fourth-order valence-electron chi connectivity index (χ4n) is 3.13. The SMILES string of the molecule is Cc1noc(Cn2c(=O)c3ccccc3n(CC(=O)Nc3ccc(F)cc3F)c2=O)n1. The first kappa shape index (κ1) is 20.1. The highest BCUT2D eigenvalue weighted by molar-refractivity contribution is 5.91. The average Bonchev–Trinajstić information content (AvgIpc) is 3.15. The minimum Gasteiger partial charge on any atom is -0.337 e. The van der Waals surface area contributed by atoms with Crippen LogP contribution in [0.5, 0.6) is 0 Å². The minimum atomic E-state index is -0.956. The molecule has 0 aliphatic carbocycles. The molecule has 1 amide bonds. The molecular weight excluding hydrogens is 412 g/mol. The summed E-state index contributed by atoms with van der Waals surface area (Å²) in [5.41, 5.74) is -1.38. The molecule has 0 aliphatic heterocycles. The molecule has 0 spiro atoms. The lowest BCUT2D eigenvalue weighted by Gasteiger charge is -2.13. The van der Waals surface area contributed by atoms with Crippen molar-refractivity contribution in [2.24, 2.45) is 0 Å². The van der Waals surface area contributed by atoms with Crippen LogP contribution in [0, 0.1) is 18.6 Å². The van der Waals surface area contributed by atoms with Gasteiger partial charge in [-0.15, -0.1) is 0 Å². The summed E-state index contributed by atoms with van der Waals surface area (Å²) in [4.78, 5) is 42.4. The first-order valence-corrected chi connectivity index (χ1v) is 9.10. The number of halogens is 2. The van der Waals surface area contributed by atoms with Crippen molar-refractivity contribution in [1.29, 1.82) is 0 Å². The molecule has 0 atom stereocenters. The van der Waals surface area contributed by atoms with E-state index in [1.807, 2.05) is 0 Å². The van der Waals surface area contributed by atoms with Gasteiger partial charge in [-0.1, -0.05) is 17.3 Å². The zero-order valence-corrected chi connectivity index (χ0v) is 16.1. The van der Waals surface area contributed by atoms with Gasteiger partial charge in [0.25, 0.3) is 5.56 Å². The van der Waals surface area contributed by atoms with Crippen molar-refractivity contribution in [1.82, 2.24) is 19.3 Å². The van der Waals surface area contributed by atoms with Crippen molar-refractivity contribution >= 4 is 22.5 Å². The van der Waals surface area contributed by atoms with E-state index in [1.165, 1.54) is 12.1 Å². The number of carbonyl (C=O) groups excluding carboxylic acids is 1. The number of para-hydroxylation sites is 1. The van der Waals surface area contributed by atoms with Gasteiger partial charge in [0.15, 0.2) is 5.82 Å². The standard InChI is InChI=1S/C20H15F2N5O4/c1-11-23-18(31-25-11)10-27-19(29)13-4-2-3-5-16(13)26(20(27)30)9-17(28)24-15-7-6-12(21)8-14(15)22/h2-8H,9-10H2,1H3,(H,24,28). The lowest BCUT2D eigenvalue weighted by Crippen LogP contribution is -2.42. The molecule has 2 aromatic carbocycles. The molecule has 0 saturated carbocycles. The van der Waals surface area contributed by atoms with Gasteiger partial charge >= 0.3 is 5.69 Å². The fraction of sp³-hybridized carbons (Fsp3) is 0.150. The summed E-state index contributed by atoms with van der Waals surface area (Å²) in [6.07, 6.45) is 0. The summed E-state index contributed by atoms with van der Waals surface area (Å²) in [5, 5.41) is 6.12. The Balaban J connectivity index is 1.75. The van der Waals surface area contributed by atoms with Gasteiger partial charge in [-0.3, -0.25) is 18.7 Å². The zero-order chi connectivity index (χ0) is 22.1. The molecule has 9 nitrogen and oxygen atoms in total. The summed E-state index contributed by atoms with van der Waals surface area (Å²) >= 11 is 0. The molecule has 0 bridgehead atoms. The summed E-state index contributed by atoms with van der Waals surface area (Å²) < 4.78 is 33.9. The highest BCUT2D eigenvalue weighted by atomic mass is 19.1. The predicted molar refractivity (Wildman–Crippen MR) is 106 cm³/mol. The number of hydrogen-bond acceptors (Lipinski definition) is 6. The quantitative estimate of drug-likeness (QED) is 0.520. The largest absolute Gasteiger partial charge is 0.337 e. The summed E-state index contributed by atoms with van der Waals surface area (Å²) in [5.74, 6) is -2.10.